The fourth-order valence-corrected chi connectivity index (χ4v) is 2.80. The lowest BCUT2D eigenvalue weighted by Crippen LogP contribution is -1.92. The van der Waals surface area contributed by atoms with Gasteiger partial charge in [0.2, 0.25) is 0 Å². The number of halogens is 2. The van der Waals surface area contributed by atoms with E-state index in [1.807, 2.05) is 24.3 Å². The maximum Gasteiger partial charge on any atom is 0.133 e. The monoisotopic (exact) mass is 322 g/mol. The predicted octanol–water partition coefficient (Wildman–Crippen LogP) is 5.98. The van der Waals surface area contributed by atoms with Crippen molar-refractivity contribution in [1.82, 2.24) is 0 Å². The summed E-state index contributed by atoms with van der Waals surface area (Å²) in [5.74, 6) is -1.08. The highest BCUT2D eigenvalue weighted by Crippen LogP contribution is 2.24. The van der Waals surface area contributed by atoms with E-state index in [0.717, 1.165) is 30.9 Å². The summed E-state index contributed by atoms with van der Waals surface area (Å²) in [6.45, 7) is 2.15. The van der Waals surface area contributed by atoms with Crippen molar-refractivity contribution in [3.05, 3.63) is 95.1 Å². The van der Waals surface area contributed by atoms with Crippen LogP contribution >= 0.6 is 0 Å². The standard InChI is InChI=1S/C22H20F2/c1-2-16-3-5-17(6-4-16)7-8-18-9-11-19(12-10-18)21-14-13-20(23)15-22(21)24/h3-6,9-15H,2,7-8H2,1H3. The minimum atomic E-state index is -0.554. The van der Waals surface area contributed by atoms with Crippen LogP contribution in [0.5, 0.6) is 0 Å². The van der Waals surface area contributed by atoms with Crippen molar-refractivity contribution in [3.63, 3.8) is 0 Å². The number of hydrogen-bond acceptors (Lipinski definition) is 0. The second kappa shape index (κ2) is 7.39. The van der Waals surface area contributed by atoms with Crippen molar-refractivity contribution in [1.29, 1.82) is 0 Å². The van der Waals surface area contributed by atoms with Crippen LogP contribution in [-0.4, -0.2) is 0 Å². The van der Waals surface area contributed by atoms with E-state index in [4.69, 9.17) is 0 Å². The molecule has 3 aromatic carbocycles. The molecule has 0 spiro atoms. The van der Waals surface area contributed by atoms with Crippen molar-refractivity contribution >= 4 is 0 Å². The Morgan fingerprint density at radius 3 is 1.75 bits per heavy atom. The Labute approximate surface area is 141 Å². The highest BCUT2D eigenvalue weighted by Gasteiger charge is 2.06. The molecule has 0 aliphatic carbocycles. The van der Waals surface area contributed by atoms with Gasteiger partial charge in [0.25, 0.3) is 0 Å². The Balaban J connectivity index is 1.67. The average Bonchev–Trinajstić information content (AvgIpc) is 2.61. The molecule has 0 heterocycles. The summed E-state index contributed by atoms with van der Waals surface area (Å²) < 4.78 is 26.8. The van der Waals surface area contributed by atoms with Gasteiger partial charge in [-0.25, -0.2) is 8.78 Å². The summed E-state index contributed by atoms with van der Waals surface area (Å²) in [5.41, 5.74) is 5.08. The third-order valence-electron chi connectivity index (χ3n) is 4.33. The first-order valence-corrected chi connectivity index (χ1v) is 8.28. The molecule has 24 heavy (non-hydrogen) atoms. The summed E-state index contributed by atoms with van der Waals surface area (Å²) in [6, 6.07) is 20.2. The van der Waals surface area contributed by atoms with Crippen LogP contribution in [0.2, 0.25) is 0 Å². The molecular formula is C22H20F2. The first kappa shape index (κ1) is 16.4. The van der Waals surface area contributed by atoms with Gasteiger partial charge < -0.3 is 0 Å². The molecule has 0 aliphatic heterocycles. The van der Waals surface area contributed by atoms with Crippen LogP contribution in [0.4, 0.5) is 8.78 Å². The van der Waals surface area contributed by atoms with Crippen LogP contribution in [0, 0.1) is 11.6 Å². The van der Waals surface area contributed by atoms with E-state index in [0.29, 0.717) is 5.56 Å². The zero-order valence-corrected chi connectivity index (χ0v) is 13.7. The molecule has 0 atom stereocenters. The van der Waals surface area contributed by atoms with Gasteiger partial charge in [-0.1, -0.05) is 55.5 Å². The fraction of sp³-hybridized carbons (Fsp3) is 0.182. The summed E-state index contributed by atoms with van der Waals surface area (Å²) in [6.07, 6.45) is 2.98. The Morgan fingerprint density at radius 1 is 0.667 bits per heavy atom. The molecule has 0 saturated carbocycles. The van der Waals surface area contributed by atoms with E-state index in [1.54, 1.807) is 0 Å². The quantitative estimate of drug-likeness (QED) is 0.542. The number of hydrogen-bond donors (Lipinski definition) is 0. The summed E-state index contributed by atoms with van der Waals surface area (Å²) in [5, 5.41) is 0. The second-order valence-electron chi connectivity index (χ2n) is 5.99. The molecule has 0 aliphatic rings. The zero-order chi connectivity index (χ0) is 16.9. The zero-order valence-electron chi connectivity index (χ0n) is 13.7. The van der Waals surface area contributed by atoms with E-state index in [2.05, 4.69) is 31.2 Å². The van der Waals surface area contributed by atoms with Crippen molar-refractivity contribution in [2.45, 2.75) is 26.2 Å². The highest BCUT2D eigenvalue weighted by atomic mass is 19.1. The molecule has 2 heteroatoms. The molecular weight excluding hydrogens is 302 g/mol. The Bertz CT molecular complexity index is 802. The molecule has 0 nitrogen and oxygen atoms in total. The molecule has 0 fully saturated rings. The van der Waals surface area contributed by atoms with Gasteiger partial charge in [-0.3, -0.25) is 0 Å². The smallest absolute Gasteiger partial charge is 0.133 e. The van der Waals surface area contributed by atoms with Gasteiger partial charge in [-0.2, -0.15) is 0 Å². The predicted molar refractivity (Wildman–Crippen MR) is 95.0 cm³/mol. The third kappa shape index (κ3) is 3.88. The lowest BCUT2D eigenvalue weighted by atomic mass is 9.99. The maximum absolute atomic E-state index is 13.8. The molecule has 3 rings (SSSR count). The lowest BCUT2D eigenvalue weighted by molar-refractivity contribution is 0.585. The van der Waals surface area contributed by atoms with Crippen LogP contribution in [0.1, 0.15) is 23.6 Å². The van der Waals surface area contributed by atoms with Crippen molar-refractivity contribution < 1.29 is 8.78 Å². The summed E-state index contributed by atoms with van der Waals surface area (Å²) in [4.78, 5) is 0. The fourth-order valence-electron chi connectivity index (χ4n) is 2.80. The summed E-state index contributed by atoms with van der Waals surface area (Å²) >= 11 is 0. The lowest BCUT2D eigenvalue weighted by Gasteiger charge is -2.07. The highest BCUT2D eigenvalue weighted by molar-refractivity contribution is 5.64. The molecule has 0 amide bonds. The second-order valence-corrected chi connectivity index (χ2v) is 5.99. The van der Waals surface area contributed by atoms with E-state index < -0.39 is 11.6 Å². The van der Waals surface area contributed by atoms with Gasteiger partial charge in [-0.05, 0) is 53.6 Å². The van der Waals surface area contributed by atoms with Crippen LogP contribution < -0.4 is 0 Å². The Morgan fingerprint density at radius 2 is 1.21 bits per heavy atom. The van der Waals surface area contributed by atoms with Gasteiger partial charge in [0.15, 0.2) is 0 Å². The first-order valence-electron chi connectivity index (χ1n) is 8.28. The van der Waals surface area contributed by atoms with Crippen LogP contribution in [-0.2, 0) is 19.3 Å². The van der Waals surface area contributed by atoms with Gasteiger partial charge in [0, 0.05) is 11.6 Å². The summed E-state index contributed by atoms with van der Waals surface area (Å²) in [7, 11) is 0. The molecule has 0 bridgehead atoms. The Hall–Kier alpha value is -2.48. The third-order valence-corrected chi connectivity index (χ3v) is 4.33. The molecule has 3 aromatic rings. The Kier molecular flexibility index (Phi) is 5.05. The van der Waals surface area contributed by atoms with Gasteiger partial charge >= 0.3 is 0 Å². The van der Waals surface area contributed by atoms with E-state index in [9.17, 15) is 8.78 Å². The molecule has 122 valence electrons. The van der Waals surface area contributed by atoms with Crippen molar-refractivity contribution in [3.8, 4) is 11.1 Å². The van der Waals surface area contributed by atoms with Crippen LogP contribution in [0.25, 0.3) is 11.1 Å². The van der Waals surface area contributed by atoms with E-state index in [1.165, 1.54) is 28.8 Å². The van der Waals surface area contributed by atoms with Crippen LogP contribution in [0.3, 0.4) is 0 Å². The van der Waals surface area contributed by atoms with Crippen molar-refractivity contribution in [2.75, 3.05) is 0 Å². The molecule has 0 radical (unpaired) electrons. The minimum Gasteiger partial charge on any atom is -0.207 e. The number of rotatable bonds is 5. The maximum atomic E-state index is 13.8. The number of benzene rings is 3. The molecule has 0 saturated heterocycles. The molecule has 0 N–H and O–H groups in total. The van der Waals surface area contributed by atoms with Crippen LogP contribution in [0.15, 0.2) is 66.7 Å². The van der Waals surface area contributed by atoms with E-state index >= 15 is 0 Å². The SMILES string of the molecule is CCc1ccc(CCc2ccc(-c3ccc(F)cc3F)cc2)cc1. The first-order chi connectivity index (χ1) is 11.7. The topological polar surface area (TPSA) is 0 Å². The molecule has 0 unspecified atom stereocenters. The average molecular weight is 322 g/mol. The largest absolute Gasteiger partial charge is 0.207 e. The van der Waals surface area contributed by atoms with E-state index in [-0.39, 0.29) is 0 Å². The normalized spacial score (nSPS) is 10.8. The van der Waals surface area contributed by atoms with Gasteiger partial charge in [0.05, 0.1) is 0 Å². The van der Waals surface area contributed by atoms with Gasteiger partial charge in [0.1, 0.15) is 11.6 Å². The van der Waals surface area contributed by atoms with Crippen molar-refractivity contribution in [2.24, 2.45) is 0 Å². The van der Waals surface area contributed by atoms with Gasteiger partial charge in [-0.15, -0.1) is 0 Å². The minimum absolute atomic E-state index is 0.429. The molecule has 0 aromatic heterocycles. The number of aryl methyl sites for hydroxylation is 3.